The molecule has 0 saturated heterocycles. The number of likely N-dealkylation sites (N-methyl/N-ethyl adjacent to an activating group) is 1. The molecule has 1 aliphatic heterocycles. The number of fused-ring (bicyclic) bond motifs is 1. The van der Waals surface area contributed by atoms with Gasteiger partial charge in [0.15, 0.2) is 0 Å². The Kier molecular flexibility index (Phi) is 3.88. The van der Waals surface area contributed by atoms with Gasteiger partial charge in [-0.3, -0.25) is 14.8 Å². The molecule has 1 atom stereocenters. The second kappa shape index (κ2) is 5.81. The molecule has 1 amide bonds. The maximum absolute atomic E-state index is 12.6. The highest BCUT2D eigenvalue weighted by Gasteiger charge is 2.32. The molecule has 108 valence electrons. The van der Waals surface area contributed by atoms with Gasteiger partial charge in [0.1, 0.15) is 18.3 Å². The van der Waals surface area contributed by atoms with Crippen LogP contribution in [0.25, 0.3) is 0 Å². The van der Waals surface area contributed by atoms with E-state index < -0.39 is 0 Å². The van der Waals surface area contributed by atoms with Crippen molar-refractivity contribution in [1.29, 1.82) is 0 Å². The van der Waals surface area contributed by atoms with Gasteiger partial charge in [-0.25, -0.2) is 0 Å². The van der Waals surface area contributed by atoms with Crippen molar-refractivity contribution in [1.82, 2.24) is 14.9 Å². The van der Waals surface area contributed by atoms with Crippen LogP contribution in [0, 0.1) is 0 Å². The molecular weight excluding hydrogens is 334 g/mol. The quantitative estimate of drug-likeness (QED) is 0.855. The Morgan fingerprint density at radius 3 is 3.10 bits per heavy atom. The first kappa shape index (κ1) is 14.0. The zero-order valence-corrected chi connectivity index (χ0v) is 13.1. The summed E-state index contributed by atoms with van der Waals surface area (Å²) in [4.78, 5) is 22.5. The van der Waals surface area contributed by atoms with Crippen molar-refractivity contribution in [2.75, 3.05) is 13.7 Å². The van der Waals surface area contributed by atoms with Gasteiger partial charge >= 0.3 is 0 Å². The normalized spacial score (nSPS) is 16.2. The van der Waals surface area contributed by atoms with E-state index in [1.165, 1.54) is 0 Å². The molecule has 1 aliphatic rings. The molecule has 0 unspecified atom stereocenters. The van der Waals surface area contributed by atoms with Crippen molar-refractivity contribution in [3.05, 3.63) is 52.5 Å². The lowest BCUT2D eigenvalue weighted by molar-refractivity contribution is -0.132. The summed E-state index contributed by atoms with van der Waals surface area (Å²) in [6, 6.07) is 5.74. The van der Waals surface area contributed by atoms with E-state index in [0.717, 1.165) is 21.5 Å². The number of hydrogen-bond acceptors (Lipinski definition) is 4. The lowest BCUT2D eigenvalue weighted by Crippen LogP contribution is -2.32. The lowest BCUT2D eigenvalue weighted by atomic mass is 10.00. The van der Waals surface area contributed by atoms with Crippen molar-refractivity contribution >= 4 is 21.8 Å². The van der Waals surface area contributed by atoms with Crippen molar-refractivity contribution in [2.24, 2.45) is 0 Å². The van der Waals surface area contributed by atoms with Crippen LogP contribution in [0.3, 0.4) is 0 Å². The highest BCUT2D eigenvalue weighted by Crippen LogP contribution is 2.36. The van der Waals surface area contributed by atoms with Crippen molar-refractivity contribution in [3.8, 4) is 5.75 Å². The average Bonchev–Trinajstić information content (AvgIpc) is 2.90. The van der Waals surface area contributed by atoms with Gasteiger partial charge in [-0.05, 0) is 18.2 Å². The van der Waals surface area contributed by atoms with Gasteiger partial charge in [0.05, 0.1) is 18.4 Å². The molecule has 1 aromatic carbocycles. The molecule has 2 heterocycles. The standard InChI is InChI=1S/C15H14BrN3O2/c1-19(8-11-7-17-4-5-18-11)15(20)13-9-21-14-3-2-10(16)6-12(13)14/h2-7,13H,8-9H2,1H3/t13-/m0/s1. The van der Waals surface area contributed by atoms with Gasteiger partial charge < -0.3 is 9.64 Å². The van der Waals surface area contributed by atoms with Crippen molar-refractivity contribution in [2.45, 2.75) is 12.5 Å². The number of benzene rings is 1. The number of carbonyl (C=O) groups excluding carboxylic acids is 1. The summed E-state index contributed by atoms with van der Waals surface area (Å²) in [5.41, 5.74) is 1.70. The van der Waals surface area contributed by atoms with Gasteiger partial charge in [0, 0.05) is 29.5 Å². The summed E-state index contributed by atoms with van der Waals surface area (Å²) >= 11 is 3.43. The smallest absolute Gasteiger partial charge is 0.233 e. The van der Waals surface area contributed by atoms with E-state index in [1.807, 2.05) is 18.2 Å². The van der Waals surface area contributed by atoms with Gasteiger partial charge in [-0.1, -0.05) is 15.9 Å². The lowest BCUT2D eigenvalue weighted by Gasteiger charge is -2.20. The molecule has 3 rings (SSSR count). The fraction of sp³-hybridized carbons (Fsp3) is 0.267. The van der Waals surface area contributed by atoms with Crippen LogP contribution in [0.1, 0.15) is 17.2 Å². The number of hydrogen-bond donors (Lipinski definition) is 0. The summed E-state index contributed by atoms with van der Waals surface area (Å²) in [6.07, 6.45) is 4.90. The summed E-state index contributed by atoms with van der Waals surface area (Å²) in [5, 5.41) is 0. The maximum Gasteiger partial charge on any atom is 0.233 e. The molecular formula is C15H14BrN3O2. The van der Waals surface area contributed by atoms with Crippen LogP contribution in [-0.2, 0) is 11.3 Å². The molecule has 0 spiro atoms. The topological polar surface area (TPSA) is 55.3 Å². The van der Waals surface area contributed by atoms with E-state index in [0.29, 0.717) is 13.2 Å². The molecule has 0 N–H and O–H groups in total. The number of carbonyl (C=O) groups is 1. The first-order chi connectivity index (χ1) is 10.1. The number of aromatic nitrogens is 2. The number of ether oxygens (including phenoxy) is 1. The highest BCUT2D eigenvalue weighted by atomic mass is 79.9. The van der Waals surface area contributed by atoms with E-state index in [-0.39, 0.29) is 11.8 Å². The minimum absolute atomic E-state index is 0.0255. The Bertz CT molecular complexity index is 663. The fourth-order valence-corrected chi connectivity index (χ4v) is 2.77. The van der Waals surface area contributed by atoms with Crippen LogP contribution >= 0.6 is 15.9 Å². The predicted octanol–water partition coefficient (Wildman–Crippen LogP) is 2.37. The van der Waals surface area contributed by atoms with E-state index in [1.54, 1.807) is 30.5 Å². The molecule has 1 aromatic heterocycles. The van der Waals surface area contributed by atoms with E-state index in [4.69, 9.17) is 4.74 Å². The van der Waals surface area contributed by atoms with Crippen LogP contribution in [0.4, 0.5) is 0 Å². The largest absolute Gasteiger partial charge is 0.492 e. The van der Waals surface area contributed by atoms with Gasteiger partial charge in [0.25, 0.3) is 0 Å². The zero-order chi connectivity index (χ0) is 14.8. The van der Waals surface area contributed by atoms with Gasteiger partial charge in [-0.2, -0.15) is 0 Å². The van der Waals surface area contributed by atoms with E-state index >= 15 is 0 Å². The maximum atomic E-state index is 12.6. The van der Waals surface area contributed by atoms with E-state index in [9.17, 15) is 4.79 Å². The number of amides is 1. The molecule has 0 bridgehead atoms. The Hall–Kier alpha value is -1.95. The minimum Gasteiger partial charge on any atom is -0.492 e. The molecule has 0 fully saturated rings. The Morgan fingerprint density at radius 1 is 1.48 bits per heavy atom. The molecule has 21 heavy (non-hydrogen) atoms. The Morgan fingerprint density at radius 2 is 2.33 bits per heavy atom. The van der Waals surface area contributed by atoms with Gasteiger partial charge in [0.2, 0.25) is 5.91 Å². The van der Waals surface area contributed by atoms with Crippen molar-refractivity contribution < 1.29 is 9.53 Å². The average molecular weight is 348 g/mol. The van der Waals surface area contributed by atoms with Crippen LogP contribution in [0.5, 0.6) is 5.75 Å². The van der Waals surface area contributed by atoms with E-state index in [2.05, 4.69) is 25.9 Å². The monoisotopic (exact) mass is 347 g/mol. The summed E-state index contributed by atoms with van der Waals surface area (Å²) in [7, 11) is 1.77. The minimum atomic E-state index is -0.265. The van der Waals surface area contributed by atoms with Crippen LogP contribution in [0.15, 0.2) is 41.3 Å². The van der Waals surface area contributed by atoms with Crippen LogP contribution in [0.2, 0.25) is 0 Å². The predicted molar refractivity (Wildman–Crippen MR) is 80.9 cm³/mol. The second-order valence-corrected chi connectivity index (χ2v) is 5.85. The molecule has 6 heteroatoms. The Labute approximate surface area is 131 Å². The van der Waals surface area contributed by atoms with Gasteiger partial charge in [-0.15, -0.1) is 0 Å². The first-order valence-electron chi connectivity index (χ1n) is 6.57. The Balaban J connectivity index is 1.76. The number of rotatable bonds is 3. The number of halogens is 1. The fourth-order valence-electron chi connectivity index (χ4n) is 2.39. The SMILES string of the molecule is CN(Cc1cnccn1)C(=O)[C@H]1COc2ccc(Br)cc21. The van der Waals surface area contributed by atoms with Crippen molar-refractivity contribution in [3.63, 3.8) is 0 Å². The molecule has 0 aliphatic carbocycles. The van der Waals surface area contributed by atoms with Crippen LogP contribution < -0.4 is 4.74 Å². The molecule has 2 aromatic rings. The first-order valence-corrected chi connectivity index (χ1v) is 7.36. The molecule has 0 radical (unpaired) electrons. The number of nitrogens with zero attached hydrogens (tertiary/aromatic N) is 3. The van der Waals surface area contributed by atoms with Crippen LogP contribution in [-0.4, -0.2) is 34.4 Å². The zero-order valence-electron chi connectivity index (χ0n) is 11.5. The third-order valence-corrected chi connectivity index (χ3v) is 3.94. The highest BCUT2D eigenvalue weighted by molar-refractivity contribution is 9.10. The third-order valence-electron chi connectivity index (χ3n) is 3.44. The molecule has 5 nitrogen and oxygen atoms in total. The third kappa shape index (κ3) is 2.90. The summed E-state index contributed by atoms with van der Waals surface area (Å²) < 4.78 is 6.54. The summed E-state index contributed by atoms with van der Waals surface area (Å²) in [5.74, 6) is 0.543. The second-order valence-electron chi connectivity index (χ2n) is 4.94. The molecule has 0 saturated carbocycles. The summed E-state index contributed by atoms with van der Waals surface area (Å²) in [6.45, 7) is 0.821.